The van der Waals surface area contributed by atoms with Crippen LogP contribution in [0, 0.1) is 11.8 Å². The molecule has 0 spiro atoms. The van der Waals surface area contributed by atoms with Gasteiger partial charge in [0.25, 0.3) is 0 Å². The van der Waals surface area contributed by atoms with Gasteiger partial charge in [-0.1, -0.05) is 24.0 Å². The minimum Gasteiger partial charge on any atom is -0.378 e. The van der Waals surface area contributed by atoms with Gasteiger partial charge in [0.15, 0.2) is 0 Å². The van der Waals surface area contributed by atoms with Gasteiger partial charge in [-0.3, -0.25) is 0 Å². The van der Waals surface area contributed by atoms with E-state index in [-0.39, 0.29) is 12.7 Å². The Hall–Kier alpha value is -2.31. The molecule has 0 saturated carbocycles. The van der Waals surface area contributed by atoms with Gasteiger partial charge in [-0.2, -0.15) is 0 Å². The highest BCUT2D eigenvalue weighted by molar-refractivity contribution is 5.51. The second-order valence-electron chi connectivity index (χ2n) is 5.52. The number of nitrogens with zero attached hydrogens (tertiary/aromatic N) is 1. The normalized spacial score (nSPS) is 11.5. The fourth-order valence-corrected chi connectivity index (χ4v) is 2.14. The maximum atomic E-state index is 12.1. The second kappa shape index (κ2) is 8.36. The maximum absolute atomic E-state index is 12.1. The van der Waals surface area contributed by atoms with Crippen LogP contribution in [0.1, 0.15) is 29.7 Å². The molecule has 1 unspecified atom stereocenters. The number of halogens is 1. The summed E-state index contributed by atoms with van der Waals surface area (Å²) in [6, 6.07) is 16.0. The number of ether oxygens (including phenoxy) is 1. The van der Waals surface area contributed by atoms with Crippen LogP contribution in [0.15, 0.2) is 48.5 Å². The molecule has 2 aromatic carbocycles. The van der Waals surface area contributed by atoms with Crippen LogP contribution >= 0.6 is 0 Å². The number of anilines is 1. The average molecular weight is 311 g/mol. The number of rotatable bonds is 5. The van der Waals surface area contributed by atoms with Gasteiger partial charge in [0.05, 0.1) is 12.7 Å². The Kier molecular flexibility index (Phi) is 6.19. The van der Waals surface area contributed by atoms with Crippen molar-refractivity contribution in [3.05, 3.63) is 65.2 Å². The quantitative estimate of drug-likeness (QED) is 0.767. The maximum Gasteiger partial charge on any atom is 0.113 e. The van der Waals surface area contributed by atoms with Gasteiger partial charge < -0.3 is 9.64 Å². The molecule has 0 aliphatic rings. The molecule has 0 fully saturated rings. The van der Waals surface area contributed by atoms with Gasteiger partial charge in [-0.05, 0) is 48.9 Å². The molecule has 2 rings (SSSR count). The van der Waals surface area contributed by atoms with E-state index in [0.717, 1.165) is 22.4 Å². The zero-order chi connectivity index (χ0) is 16.7. The van der Waals surface area contributed by atoms with Gasteiger partial charge in [0.1, 0.15) is 6.67 Å². The minimum absolute atomic E-state index is 0.105. The van der Waals surface area contributed by atoms with E-state index >= 15 is 0 Å². The van der Waals surface area contributed by atoms with E-state index in [0.29, 0.717) is 0 Å². The average Bonchev–Trinajstić information content (AvgIpc) is 2.58. The van der Waals surface area contributed by atoms with Crippen molar-refractivity contribution in [2.75, 3.05) is 32.3 Å². The van der Waals surface area contributed by atoms with E-state index in [1.54, 1.807) is 0 Å². The van der Waals surface area contributed by atoms with Crippen molar-refractivity contribution in [3.8, 4) is 11.8 Å². The van der Waals surface area contributed by atoms with Crippen molar-refractivity contribution in [2.24, 2.45) is 0 Å². The molecule has 0 N–H and O–H groups in total. The third-order valence-electron chi connectivity index (χ3n) is 3.56. The van der Waals surface area contributed by atoms with Gasteiger partial charge in [0.2, 0.25) is 0 Å². The van der Waals surface area contributed by atoms with Crippen molar-refractivity contribution in [1.82, 2.24) is 0 Å². The summed E-state index contributed by atoms with van der Waals surface area (Å²) in [5, 5.41) is 0. The molecule has 0 heterocycles. The molecule has 120 valence electrons. The van der Waals surface area contributed by atoms with Crippen molar-refractivity contribution >= 4 is 5.69 Å². The lowest BCUT2D eigenvalue weighted by molar-refractivity contribution is 0.0558. The number of hydrogen-bond donors (Lipinski definition) is 0. The Morgan fingerprint density at radius 3 is 1.96 bits per heavy atom. The molecule has 2 nitrogen and oxygen atoms in total. The summed E-state index contributed by atoms with van der Waals surface area (Å²) in [5.41, 5.74) is 4.11. The molecule has 23 heavy (non-hydrogen) atoms. The predicted molar refractivity (Wildman–Crippen MR) is 93.5 cm³/mol. The third kappa shape index (κ3) is 5.12. The summed E-state index contributed by atoms with van der Waals surface area (Å²) in [6.07, 6.45) is -0.105. The monoisotopic (exact) mass is 311 g/mol. The van der Waals surface area contributed by atoms with Crippen molar-refractivity contribution < 1.29 is 9.13 Å². The smallest absolute Gasteiger partial charge is 0.113 e. The molecule has 0 radical (unpaired) electrons. The number of hydrogen-bond acceptors (Lipinski definition) is 2. The molecular formula is C20H22FNO. The fraction of sp³-hybridized carbons (Fsp3) is 0.300. The Balaban J connectivity index is 2.03. The highest BCUT2D eigenvalue weighted by Gasteiger charge is 2.04. The van der Waals surface area contributed by atoms with Crippen LogP contribution in [-0.4, -0.2) is 27.4 Å². The first-order chi connectivity index (χ1) is 11.1. The Morgan fingerprint density at radius 2 is 1.48 bits per heavy atom. The minimum atomic E-state index is -0.458. The molecule has 1 atom stereocenters. The summed E-state index contributed by atoms with van der Waals surface area (Å²) in [6.45, 7) is 1.59. The van der Waals surface area contributed by atoms with E-state index in [1.807, 2.05) is 57.4 Å². The van der Waals surface area contributed by atoms with Crippen LogP contribution in [0.4, 0.5) is 10.1 Å². The molecule has 0 aliphatic carbocycles. The zero-order valence-electron chi connectivity index (χ0n) is 13.8. The summed E-state index contributed by atoms with van der Waals surface area (Å²) in [7, 11) is 4.03. The molecule has 0 bridgehead atoms. The van der Waals surface area contributed by atoms with Crippen LogP contribution in [0.25, 0.3) is 0 Å². The standard InChI is InChI=1S/C20H22FNO/c1-16(23-15-14-21)19-10-6-17(7-11-19)4-5-18-8-12-20(13-9-18)22(2)3/h6-13,16H,14-15H2,1-3H3. The van der Waals surface area contributed by atoms with Crippen LogP contribution in [-0.2, 0) is 4.74 Å². The molecule has 0 amide bonds. The van der Waals surface area contributed by atoms with Crippen molar-refractivity contribution in [3.63, 3.8) is 0 Å². The lowest BCUT2D eigenvalue weighted by Crippen LogP contribution is -2.07. The fourth-order valence-electron chi connectivity index (χ4n) is 2.14. The first-order valence-electron chi connectivity index (χ1n) is 7.67. The van der Waals surface area contributed by atoms with Crippen LogP contribution in [0.5, 0.6) is 0 Å². The van der Waals surface area contributed by atoms with E-state index in [9.17, 15) is 4.39 Å². The SMILES string of the molecule is CC(OCCF)c1ccc(C#Cc2ccc(N(C)C)cc2)cc1. The molecule has 0 aromatic heterocycles. The third-order valence-corrected chi connectivity index (χ3v) is 3.56. The predicted octanol–water partition coefficient (Wildman–Crippen LogP) is 4.20. The van der Waals surface area contributed by atoms with Gasteiger partial charge in [-0.15, -0.1) is 0 Å². The summed E-state index contributed by atoms with van der Waals surface area (Å²) in [4.78, 5) is 2.06. The van der Waals surface area contributed by atoms with E-state index in [4.69, 9.17) is 4.74 Å². The highest BCUT2D eigenvalue weighted by Crippen LogP contribution is 2.17. The molecular weight excluding hydrogens is 289 g/mol. The van der Waals surface area contributed by atoms with Gasteiger partial charge in [0, 0.05) is 30.9 Å². The van der Waals surface area contributed by atoms with E-state index in [1.165, 1.54) is 0 Å². The Morgan fingerprint density at radius 1 is 0.957 bits per heavy atom. The van der Waals surface area contributed by atoms with Crippen LogP contribution in [0.3, 0.4) is 0 Å². The van der Waals surface area contributed by atoms with Crippen LogP contribution in [0.2, 0.25) is 0 Å². The van der Waals surface area contributed by atoms with Crippen LogP contribution < -0.4 is 4.90 Å². The first kappa shape index (κ1) is 17.1. The van der Waals surface area contributed by atoms with Crippen molar-refractivity contribution in [1.29, 1.82) is 0 Å². The lowest BCUT2D eigenvalue weighted by Gasteiger charge is -2.12. The largest absolute Gasteiger partial charge is 0.378 e. The first-order valence-corrected chi connectivity index (χ1v) is 7.67. The summed E-state index contributed by atoms with van der Waals surface area (Å²) >= 11 is 0. The highest BCUT2D eigenvalue weighted by atomic mass is 19.1. The Labute approximate surface area is 137 Å². The molecule has 0 saturated heterocycles. The van der Waals surface area contributed by atoms with Crippen molar-refractivity contribution in [2.45, 2.75) is 13.0 Å². The van der Waals surface area contributed by atoms with Gasteiger partial charge >= 0.3 is 0 Å². The Bertz CT molecular complexity index is 666. The molecule has 0 aliphatic heterocycles. The van der Waals surface area contributed by atoms with E-state index < -0.39 is 6.67 Å². The summed E-state index contributed by atoms with van der Waals surface area (Å²) < 4.78 is 17.5. The molecule has 2 aromatic rings. The van der Waals surface area contributed by atoms with E-state index in [2.05, 4.69) is 28.9 Å². The zero-order valence-corrected chi connectivity index (χ0v) is 13.8. The lowest BCUT2D eigenvalue weighted by atomic mass is 10.1. The molecule has 3 heteroatoms. The topological polar surface area (TPSA) is 12.5 Å². The number of alkyl halides is 1. The number of benzene rings is 2. The summed E-state index contributed by atoms with van der Waals surface area (Å²) in [5.74, 6) is 6.32. The van der Waals surface area contributed by atoms with Gasteiger partial charge in [-0.25, -0.2) is 4.39 Å². The second-order valence-corrected chi connectivity index (χ2v) is 5.52.